The van der Waals surface area contributed by atoms with Gasteiger partial charge in [0, 0.05) is 25.3 Å². The number of likely N-dealkylation sites (N-methyl/N-ethyl adjacent to an activating group) is 1. The molecule has 206 valence electrons. The van der Waals surface area contributed by atoms with E-state index >= 15 is 0 Å². The van der Waals surface area contributed by atoms with E-state index in [2.05, 4.69) is 44.4 Å². The molecule has 2 N–H and O–H groups in total. The number of hydrogen-bond acceptors (Lipinski definition) is 5. The molecule has 8 nitrogen and oxygen atoms in total. The van der Waals surface area contributed by atoms with Gasteiger partial charge in [-0.25, -0.2) is 0 Å². The smallest absolute Gasteiger partial charge is 0.243 e. The lowest BCUT2D eigenvalue weighted by molar-refractivity contribution is -0.140. The molecule has 37 heavy (non-hydrogen) atoms. The van der Waals surface area contributed by atoms with E-state index in [4.69, 9.17) is 0 Å². The summed E-state index contributed by atoms with van der Waals surface area (Å²) in [6.07, 6.45) is 14.0. The van der Waals surface area contributed by atoms with Crippen LogP contribution in [0.25, 0.3) is 0 Å². The van der Waals surface area contributed by atoms with Crippen LogP contribution in [0.3, 0.4) is 0 Å². The van der Waals surface area contributed by atoms with Crippen molar-refractivity contribution in [3.63, 3.8) is 0 Å². The molecule has 2 aliphatic heterocycles. The minimum atomic E-state index is -0.343. The monoisotopic (exact) mass is 513 g/mol. The van der Waals surface area contributed by atoms with E-state index in [1.165, 1.54) is 17.7 Å². The Bertz CT molecular complexity index is 875. The largest absolute Gasteiger partial charge is 0.335 e. The number of hydrogen-bond donors (Lipinski definition) is 2. The molecule has 2 saturated heterocycles. The van der Waals surface area contributed by atoms with Crippen molar-refractivity contribution in [2.45, 2.75) is 97.7 Å². The van der Waals surface area contributed by atoms with Crippen LogP contribution in [0.1, 0.15) is 79.6 Å². The van der Waals surface area contributed by atoms with E-state index in [1.807, 2.05) is 25.2 Å². The van der Waals surface area contributed by atoms with Crippen LogP contribution < -0.4 is 10.6 Å². The summed E-state index contributed by atoms with van der Waals surface area (Å²) < 4.78 is 0. The number of carbonyl (C=O) groups excluding carboxylic acids is 3. The molecule has 4 unspecified atom stereocenters. The summed E-state index contributed by atoms with van der Waals surface area (Å²) in [7, 11) is 1.69. The first kappa shape index (κ1) is 30.6. The van der Waals surface area contributed by atoms with E-state index in [-0.39, 0.29) is 30.4 Å². The third kappa shape index (κ3) is 11.1. The van der Waals surface area contributed by atoms with E-state index in [1.54, 1.807) is 11.9 Å². The lowest BCUT2D eigenvalue weighted by Gasteiger charge is -2.25. The summed E-state index contributed by atoms with van der Waals surface area (Å²) in [4.78, 5) is 38.0. The highest BCUT2D eigenvalue weighted by Crippen LogP contribution is 2.37. The van der Waals surface area contributed by atoms with Crippen LogP contribution in [0.15, 0.2) is 23.9 Å². The Morgan fingerprint density at radius 2 is 1.89 bits per heavy atom. The SMILES string of the molecule is CC(C)(C)C.CC1CC(C#N)N(C(=O)CN(C)C(=O)C2CCC(C3CC3)N2)C1.O=CNC1=CCCC=C1. The first-order valence-electron chi connectivity index (χ1n) is 13.7. The molecule has 0 aromatic heterocycles. The van der Waals surface area contributed by atoms with Crippen molar-refractivity contribution < 1.29 is 14.4 Å². The van der Waals surface area contributed by atoms with Gasteiger partial charge >= 0.3 is 0 Å². The molecule has 0 spiro atoms. The summed E-state index contributed by atoms with van der Waals surface area (Å²) in [6, 6.07) is 2.19. The van der Waals surface area contributed by atoms with Crippen molar-refractivity contribution in [2.75, 3.05) is 20.1 Å². The summed E-state index contributed by atoms with van der Waals surface area (Å²) in [6.45, 7) is 11.5. The average Bonchev–Trinajstić information content (AvgIpc) is 3.43. The van der Waals surface area contributed by atoms with Gasteiger partial charge in [-0.1, -0.05) is 46.8 Å². The van der Waals surface area contributed by atoms with Crippen LogP contribution in [0.5, 0.6) is 0 Å². The summed E-state index contributed by atoms with van der Waals surface area (Å²) in [5.74, 6) is 0.985. The normalized spacial score (nSPS) is 26.5. The Labute approximate surface area is 223 Å². The molecule has 4 rings (SSSR count). The number of allylic oxidation sites excluding steroid dienone is 3. The quantitative estimate of drug-likeness (QED) is 0.526. The molecule has 4 aliphatic rings. The fourth-order valence-electron chi connectivity index (χ4n) is 4.71. The van der Waals surface area contributed by atoms with Crippen LogP contribution in [0, 0.1) is 28.6 Å². The van der Waals surface area contributed by atoms with Gasteiger partial charge < -0.3 is 20.4 Å². The second-order valence-corrected chi connectivity index (χ2v) is 12.4. The molecular weight excluding hydrogens is 466 g/mol. The molecule has 2 heterocycles. The van der Waals surface area contributed by atoms with Crippen LogP contribution in [-0.4, -0.2) is 66.3 Å². The van der Waals surface area contributed by atoms with Crippen molar-refractivity contribution in [3.8, 4) is 6.07 Å². The molecule has 4 atom stereocenters. The van der Waals surface area contributed by atoms with Crippen molar-refractivity contribution in [1.29, 1.82) is 5.26 Å². The Morgan fingerprint density at radius 1 is 1.22 bits per heavy atom. The van der Waals surface area contributed by atoms with E-state index in [0.29, 0.717) is 30.3 Å². The zero-order valence-corrected chi connectivity index (χ0v) is 23.6. The Kier molecular flexibility index (Phi) is 11.8. The lowest BCUT2D eigenvalue weighted by Crippen LogP contribution is -2.48. The highest BCUT2D eigenvalue weighted by atomic mass is 16.2. The van der Waals surface area contributed by atoms with Gasteiger partial charge in [0.25, 0.3) is 0 Å². The van der Waals surface area contributed by atoms with Gasteiger partial charge in [0.1, 0.15) is 6.04 Å². The summed E-state index contributed by atoms with van der Waals surface area (Å²) >= 11 is 0. The van der Waals surface area contributed by atoms with Crippen LogP contribution in [0.2, 0.25) is 0 Å². The fraction of sp³-hybridized carbons (Fsp3) is 0.724. The van der Waals surface area contributed by atoms with Crippen LogP contribution in [-0.2, 0) is 14.4 Å². The Balaban J connectivity index is 0.000000283. The van der Waals surface area contributed by atoms with Crippen LogP contribution in [0.4, 0.5) is 0 Å². The van der Waals surface area contributed by atoms with Gasteiger partial charge in [0.15, 0.2) is 0 Å². The van der Waals surface area contributed by atoms with E-state index in [9.17, 15) is 19.6 Å². The maximum absolute atomic E-state index is 12.5. The summed E-state index contributed by atoms with van der Waals surface area (Å²) in [5.41, 5.74) is 1.41. The fourth-order valence-corrected chi connectivity index (χ4v) is 4.71. The minimum absolute atomic E-state index is 0.00209. The maximum Gasteiger partial charge on any atom is 0.243 e. The highest BCUT2D eigenvalue weighted by molar-refractivity contribution is 5.88. The molecule has 0 radical (unpaired) electrons. The maximum atomic E-state index is 12.5. The molecule has 2 aliphatic carbocycles. The van der Waals surface area contributed by atoms with Gasteiger partial charge in [-0.15, -0.1) is 0 Å². The number of nitriles is 1. The number of carbonyl (C=O) groups is 3. The first-order chi connectivity index (χ1) is 17.4. The predicted octanol–water partition coefficient (Wildman–Crippen LogP) is 3.75. The van der Waals surface area contributed by atoms with Gasteiger partial charge in [-0.2, -0.15) is 5.26 Å². The van der Waals surface area contributed by atoms with E-state index in [0.717, 1.165) is 43.7 Å². The van der Waals surface area contributed by atoms with Gasteiger partial charge in [0.2, 0.25) is 18.2 Å². The Hall–Kier alpha value is -2.66. The number of rotatable bonds is 6. The highest BCUT2D eigenvalue weighted by Gasteiger charge is 2.40. The first-order valence-corrected chi connectivity index (χ1v) is 13.7. The zero-order valence-electron chi connectivity index (χ0n) is 23.6. The van der Waals surface area contributed by atoms with Crippen molar-refractivity contribution in [3.05, 3.63) is 23.9 Å². The second kappa shape index (κ2) is 14.3. The van der Waals surface area contributed by atoms with Gasteiger partial charge in [0.05, 0.1) is 18.7 Å². The number of nitrogens with one attached hydrogen (secondary N) is 2. The molecule has 3 amide bonds. The number of likely N-dealkylation sites (tertiary alicyclic amines) is 1. The average molecular weight is 514 g/mol. The summed E-state index contributed by atoms with van der Waals surface area (Å²) in [5, 5.41) is 15.2. The van der Waals surface area contributed by atoms with Crippen molar-refractivity contribution in [1.82, 2.24) is 20.4 Å². The molecule has 3 fully saturated rings. The molecule has 0 aromatic rings. The molecular formula is C29H47N5O3. The number of nitrogens with zero attached hydrogens (tertiary/aromatic N) is 3. The zero-order chi connectivity index (χ0) is 27.6. The van der Waals surface area contributed by atoms with Crippen molar-refractivity contribution in [2.24, 2.45) is 17.3 Å². The van der Waals surface area contributed by atoms with Gasteiger partial charge in [-0.3, -0.25) is 14.4 Å². The molecule has 1 saturated carbocycles. The lowest BCUT2D eigenvalue weighted by atomic mass is 10.0. The molecule has 0 aromatic carbocycles. The van der Waals surface area contributed by atoms with E-state index < -0.39 is 0 Å². The standard InChI is InChI=1S/C17H26N4O2.C7H9NO.C5H12/c1-11-7-13(8-18)21(9-11)16(22)10-20(2)17(23)15-6-5-14(19-15)12-3-4-12;9-6-8-7-4-2-1-3-5-7;1-5(2,3)4/h11-15,19H,3-7,9-10H2,1-2H3;2,4-6H,1,3H2,(H,8,9);1-4H3. The third-order valence-corrected chi connectivity index (χ3v) is 6.62. The minimum Gasteiger partial charge on any atom is -0.335 e. The third-order valence-electron chi connectivity index (χ3n) is 6.62. The molecule has 8 heteroatoms. The van der Waals surface area contributed by atoms with Gasteiger partial charge in [-0.05, 0) is 68.3 Å². The topological polar surface area (TPSA) is 106 Å². The molecule has 0 bridgehead atoms. The number of amides is 3. The second-order valence-electron chi connectivity index (χ2n) is 12.4. The Morgan fingerprint density at radius 3 is 2.43 bits per heavy atom. The van der Waals surface area contributed by atoms with Crippen LogP contribution >= 0.6 is 0 Å². The predicted molar refractivity (Wildman–Crippen MR) is 146 cm³/mol. The van der Waals surface area contributed by atoms with Crippen molar-refractivity contribution >= 4 is 18.2 Å².